The van der Waals surface area contributed by atoms with Crippen LogP contribution in [0.2, 0.25) is 0 Å². The van der Waals surface area contributed by atoms with Crippen LogP contribution in [0.15, 0.2) is 40.4 Å². The van der Waals surface area contributed by atoms with Crippen LogP contribution in [0.5, 0.6) is 11.5 Å². The molecule has 0 spiro atoms. The zero-order valence-electron chi connectivity index (χ0n) is 20.3. The number of phenols is 2. The first-order valence-electron chi connectivity index (χ1n) is 11.4. The van der Waals surface area contributed by atoms with E-state index in [1.807, 2.05) is 25.0 Å². The van der Waals surface area contributed by atoms with E-state index in [-0.39, 0.29) is 23.1 Å². The van der Waals surface area contributed by atoms with Gasteiger partial charge in [-0.1, -0.05) is 26.0 Å². The number of nitrogens with zero attached hydrogens (tertiary/aromatic N) is 2. The highest BCUT2D eigenvalue weighted by Gasteiger charge is 2.29. The largest absolute Gasteiger partial charge is 0.506 e. The fraction of sp³-hybridized carbons (Fsp3) is 0.385. The molecular formula is C26H34BrN3O3S. The lowest BCUT2D eigenvalue weighted by atomic mass is 9.87. The average molecular weight is 549 g/mol. The topological polar surface area (TPSA) is 99.7 Å². The Balaban J connectivity index is 0.000000618. The van der Waals surface area contributed by atoms with Gasteiger partial charge in [0.25, 0.3) is 0 Å². The maximum absolute atomic E-state index is 11.7. The average Bonchev–Trinajstić information content (AvgIpc) is 3.00. The first-order valence-corrected chi connectivity index (χ1v) is 13.5. The number of hydrogen-bond donors (Lipinski definition) is 3. The van der Waals surface area contributed by atoms with Crippen molar-refractivity contribution < 1.29 is 15.0 Å². The van der Waals surface area contributed by atoms with Gasteiger partial charge in [0, 0.05) is 41.8 Å². The Morgan fingerprint density at radius 2 is 1.76 bits per heavy atom. The van der Waals surface area contributed by atoms with Crippen molar-refractivity contribution in [2.45, 2.75) is 46.5 Å². The van der Waals surface area contributed by atoms with Crippen LogP contribution in [0.1, 0.15) is 56.0 Å². The third-order valence-corrected chi connectivity index (χ3v) is 6.58. The lowest BCUT2D eigenvalue weighted by Gasteiger charge is -2.29. The number of amides is 1. The van der Waals surface area contributed by atoms with E-state index < -0.39 is 0 Å². The minimum atomic E-state index is -0.105. The molecule has 1 aliphatic carbocycles. The number of aromatic nitrogens is 1. The highest BCUT2D eigenvalue weighted by molar-refractivity contribution is 9.10. The fourth-order valence-corrected chi connectivity index (χ4v) is 4.55. The Labute approximate surface area is 215 Å². The first kappa shape index (κ1) is 27.8. The summed E-state index contributed by atoms with van der Waals surface area (Å²) >= 11 is 5.12. The molecule has 1 aromatic carbocycles. The van der Waals surface area contributed by atoms with Crippen molar-refractivity contribution >= 4 is 44.9 Å². The number of benzene rings is 1. The molecular weight excluding hydrogens is 514 g/mol. The number of anilines is 1. The first-order chi connectivity index (χ1) is 16.3. The number of piperidine rings is 1. The number of halogens is 1. The van der Waals surface area contributed by atoms with E-state index in [0.717, 1.165) is 38.9 Å². The number of carbonyl (C=O) groups is 1. The molecule has 8 heteroatoms. The van der Waals surface area contributed by atoms with Gasteiger partial charge in [0.05, 0.1) is 5.69 Å². The molecule has 1 aromatic heterocycles. The van der Waals surface area contributed by atoms with Crippen molar-refractivity contribution in [1.82, 2.24) is 9.88 Å². The van der Waals surface area contributed by atoms with Gasteiger partial charge in [-0.25, -0.2) is 0 Å². The molecule has 0 atom stereocenters. The van der Waals surface area contributed by atoms with E-state index >= 15 is 0 Å². The van der Waals surface area contributed by atoms with E-state index in [9.17, 15) is 15.0 Å². The van der Waals surface area contributed by atoms with E-state index in [0.29, 0.717) is 37.9 Å². The lowest BCUT2D eigenvalue weighted by Crippen LogP contribution is -2.34. The van der Waals surface area contributed by atoms with Crippen molar-refractivity contribution in [1.29, 1.82) is 0 Å². The molecule has 34 heavy (non-hydrogen) atoms. The monoisotopic (exact) mass is 547 g/mol. The molecule has 1 aliphatic heterocycles. The Hall–Kier alpha value is -2.45. The van der Waals surface area contributed by atoms with Gasteiger partial charge in [0.1, 0.15) is 17.2 Å². The van der Waals surface area contributed by atoms with E-state index in [1.165, 1.54) is 0 Å². The van der Waals surface area contributed by atoms with Crippen LogP contribution in [0, 0.1) is 0 Å². The molecule has 0 radical (unpaired) electrons. The molecule has 1 fully saturated rings. The minimum Gasteiger partial charge on any atom is -0.506 e. The zero-order chi connectivity index (χ0) is 25.4. The minimum absolute atomic E-state index is 0.0152. The van der Waals surface area contributed by atoms with Crippen molar-refractivity contribution in [2.24, 2.45) is 0 Å². The number of fused-ring (bicyclic) bond motifs is 2. The summed E-state index contributed by atoms with van der Waals surface area (Å²) in [5.74, 6) is -0.124. The second-order valence-corrected chi connectivity index (χ2v) is 9.46. The zero-order valence-corrected chi connectivity index (χ0v) is 22.7. The number of nitrogen functional groups attached to an aromatic ring is 1. The molecule has 184 valence electrons. The van der Waals surface area contributed by atoms with E-state index in [2.05, 4.69) is 33.6 Å². The number of carbonyl (C=O) groups excluding carboxylic acids is 1. The third-order valence-electron chi connectivity index (χ3n) is 5.82. The summed E-state index contributed by atoms with van der Waals surface area (Å²) in [5, 5.41) is 22.8. The molecule has 0 unspecified atom stereocenters. The second kappa shape index (κ2) is 12.9. The number of hydrogen-bond acceptors (Lipinski definition) is 6. The number of nitrogens with two attached hydrogens (primary N) is 1. The van der Waals surface area contributed by atoms with Crippen LogP contribution in [-0.2, 0) is 17.6 Å². The Bertz CT molecular complexity index is 1080. The third kappa shape index (κ3) is 6.16. The predicted octanol–water partition coefficient (Wildman–Crippen LogP) is 5.90. The Kier molecular flexibility index (Phi) is 10.5. The van der Waals surface area contributed by atoms with Gasteiger partial charge >= 0.3 is 0 Å². The maximum Gasteiger partial charge on any atom is 0.219 e. The number of pyridine rings is 1. The number of aryl methyl sites for hydroxylation is 2. The SMILES string of the molecule is C=CSC.CC.CC(=O)N1CCC(=C2c3ncc(Br)cc3CCc3cc(O)c(N)c(O)c32)CC1. The summed E-state index contributed by atoms with van der Waals surface area (Å²) in [4.78, 5) is 18.2. The summed E-state index contributed by atoms with van der Waals surface area (Å²) in [6, 6.07) is 3.70. The standard InChI is InChI=1S/C21H22BrN3O3.C3H6S.C2H6/c1-11(26)25-6-4-12(5-7-25)17-18-13(9-16(27)19(23)21(18)28)2-3-14-8-15(22)10-24-20(14)17;1-3-4-2;1-2/h8-10,27-28H,2-7,23H2,1H3;3H,1H2,2H3;1-2H3. The van der Waals surface area contributed by atoms with Crippen molar-refractivity contribution in [3.8, 4) is 11.5 Å². The summed E-state index contributed by atoms with van der Waals surface area (Å²) < 4.78 is 0.902. The summed E-state index contributed by atoms with van der Waals surface area (Å²) in [5.41, 5.74) is 11.4. The van der Waals surface area contributed by atoms with Gasteiger partial charge < -0.3 is 20.8 Å². The molecule has 6 nitrogen and oxygen atoms in total. The molecule has 4 rings (SSSR count). The van der Waals surface area contributed by atoms with E-state index in [1.54, 1.807) is 36.4 Å². The van der Waals surface area contributed by atoms with Crippen molar-refractivity contribution in [2.75, 3.05) is 25.1 Å². The second-order valence-electron chi connectivity index (χ2n) is 7.74. The maximum atomic E-state index is 11.7. The fourth-order valence-electron chi connectivity index (χ4n) is 4.17. The highest BCUT2D eigenvalue weighted by Crippen LogP contribution is 2.46. The number of thioether (sulfide) groups is 1. The predicted molar refractivity (Wildman–Crippen MR) is 146 cm³/mol. The smallest absolute Gasteiger partial charge is 0.219 e. The van der Waals surface area contributed by atoms with Gasteiger partial charge in [-0.3, -0.25) is 9.78 Å². The van der Waals surface area contributed by atoms with Crippen molar-refractivity contribution in [3.05, 3.63) is 62.7 Å². The quantitative estimate of drug-likeness (QED) is 0.303. The van der Waals surface area contributed by atoms with Crippen LogP contribution in [0.25, 0.3) is 5.57 Å². The number of likely N-dealkylation sites (tertiary alicyclic amines) is 1. The van der Waals surface area contributed by atoms with Gasteiger partial charge in [0.15, 0.2) is 0 Å². The molecule has 2 aromatic rings. The summed E-state index contributed by atoms with van der Waals surface area (Å²) in [6.07, 6.45) is 6.58. The van der Waals surface area contributed by atoms with Crippen LogP contribution in [0.4, 0.5) is 5.69 Å². The lowest BCUT2D eigenvalue weighted by molar-refractivity contribution is -0.129. The molecule has 1 saturated heterocycles. The number of aromatic hydroxyl groups is 2. The molecule has 4 N–H and O–H groups in total. The van der Waals surface area contributed by atoms with Gasteiger partial charge in [-0.05, 0) is 76.5 Å². The number of rotatable bonds is 1. The Morgan fingerprint density at radius 1 is 1.18 bits per heavy atom. The molecule has 1 amide bonds. The molecule has 2 heterocycles. The van der Waals surface area contributed by atoms with Crippen LogP contribution < -0.4 is 5.73 Å². The van der Waals surface area contributed by atoms with Gasteiger partial charge in [-0.2, -0.15) is 0 Å². The summed E-state index contributed by atoms with van der Waals surface area (Å²) in [6.45, 7) is 10.3. The summed E-state index contributed by atoms with van der Waals surface area (Å²) in [7, 11) is 0. The van der Waals surface area contributed by atoms with Crippen LogP contribution >= 0.6 is 27.7 Å². The van der Waals surface area contributed by atoms with Gasteiger partial charge in [-0.15, -0.1) is 11.8 Å². The van der Waals surface area contributed by atoms with Gasteiger partial charge in [0.2, 0.25) is 5.91 Å². The normalized spacial score (nSPS) is 14.4. The molecule has 0 bridgehead atoms. The van der Waals surface area contributed by atoms with Crippen LogP contribution in [0.3, 0.4) is 0 Å². The Morgan fingerprint density at radius 3 is 2.32 bits per heavy atom. The molecule has 0 saturated carbocycles. The molecule has 2 aliphatic rings. The van der Waals surface area contributed by atoms with E-state index in [4.69, 9.17) is 5.73 Å². The number of phenolic OH excluding ortho intramolecular Hbond substituents is 2. The van der Waals surface area contributed by atoms with Crippen molar-refractivity contribution in [3.63, 3.8) is 0 Å². The van der Waals surface area contributed by atoms with Crippen LogP contribution in [-0.4, -0.2) is 45.3 Å². The highest BCUT2D eigenvalue weighted by atomic mass is 79.9.